The molecule has 5 rings (SSSR count). The monoisotopic (exact) mass is 377 g/mol. The highest BCUT2D eigenvalue weighted by molar-refractivity contribution is 5.94. The number of nitrogens with zero attached hydrogens (tertiary/aromatic N) is 4. The van der Waals surface area contributed by atoms with E-state index in [-0.39, 0.29) is 11.8 Å². The Labute approximate surface area is 163 Å². The number of carbonyl (C=O) groups excluding carboxylic acids is 2. The number of aryl methyl sites for hydroxylation is 1. The van der Waals surface area contributed by atoms with Crippen LogP contribution in [0.1, 0.15) is 36.4 Å². The fourth-order valence-corrected chi connectivity index (χ4v) is 4.80. The van der Waals surface area contributed by atoms with E-state index in [4.69, 9.17) is 0 Å². The highest BCUT2D eigenvalue weighted by Gasteiger charge is 2.42. The van der Waals surface area contributed by atoms with Crippen molar-refractivity contribution in [3.05, 3.63) is 47.9 Å². The van der Waals surface area contributed by atoms with Gasteiger partial charge < -0.3 is 10.2 Å². The van der Waals surface area contributed by atoms with Crippen LogP contribution in [0, 0.1) is 11.8 Å². The molecule has 0 spiro atoms. The van der Waals surface area contributed by atoms with Crippen molar-refractivity contribution in [3.8, 4) is 0 Å². The molecule has 1 aliphatic carbocycles. The van der Waals surface area contributed by atoms with Crippen molar-refractivity contribution in [2.75, 3.05) is 18.4 Å². The number of rotatable bonds is 3. The van der Waals surface area contributed by atoms with Crippen LogP contribution in [0.3, 0.4) is 0 Å². The van der Waals surface area contributed by atoms with E-state index in [2.05, 4.69) is 20.1 Å². The van der Waals surface area contributed by atoms with Gasteiger partial charge in [-0.15, -0.1) is 0 Å². The normalized spacial score (nSPS) is 26.4. The Kier molecular flexibility index (Phi) is 4.22. The third-order valence-electron chi connectivity index (χ3n) is 6.22. The molecule has 2 amide bonds. The summed E-state index contributed by atoms with van der Waals surface area (Å²) >= 11 is 0. The standard InChI is InChI=1S/C21H23N5O2/c27-19-4-3-15-8-14(11-22-21(15)24-19)2-5-20(28)25-12-16-9-18(10-17(16)13-25)26-7-1-6-23-26/h1-2,5-8,11,16-18H,3-4,9-10,12-13H2,(H,22,24,27)/b5-2+. The van der Waals surface area contributed by atoms with Crippen LogP contribution in [-0.4, -0.2) is 44.6 Å². The number of anilines is 1. The molecule has 7 heteroatoms. The fourth-order valence-electron chi connectivity index (χ4n) is 4.80. The number of pyridine rings is 1. The second kappa shape index (κ2) is 6.89. The van der Waals surface area contributed by atoms with Crippen molar-refractivity contribution >= 4 is 23.7 Å². The van der Waals surface area contributed by atoms with Gasteiger partial charge in [0.2, 0.25) is 11.8 Å². The zero-order chi connectivity index (χ0) is 19.1. The summed E-state index contributed by atoms with van der Waals surface area (Å²) < 4.78 is 2.07. The number of nitrogens with one attached hydrogen (secondary N) is 1. The number of hydrogen-bond acceptors (Lipinski definition) is 4. The van der Waals surface area contributed by atoms with Crippen molar-refractivity contribution in [3.63, 3.8) is 0 Å². The van der Waals surface area contributed by atoms with Crippen LogP contribution in [0.4, 0.5) is 5.82 Å². The van der Waals surface area contributed by atoms with Crippen molar-refractivity contribution in [2.24, 2.45) is 11.8 Å². The van der Waals surface area contributed by atoms with Crippen LogP contribution in [0.5, 0.6) is 0 Å². The Balaban J connectivity index is 1.20. The lowest BCUT2D eigenvalue weighted by Gasteiger charge is -2.18. The van der Waals surface area contributed by atoms with Gasteiger partial charge in [-0.1, -0.05) is 0 Å². The van der Waals surface area contributed by atoms with Gasteiger partial charge in [0, 0.05) is 44.2 Å². The molecule has 2 unspecified atom stereocenters. The zero-order valence-electron chi connectivity index (χ0n) is 15.6. The Morgan fingerprint density at radius 3 is 2.79 bits per heavy atom. The average molecular weight is 377 g/mol. The largest absolute Gasteiger partial charge is 0.339 e. The maximum absolute atomic E-state index is 12.6. The summed E-state index contributed by atoms with van der Waals surface area (Å²) in [5, 5.41) is 7.15. The minimum Gasteiger partial charge on any atom is -0.339 e. The Morgan fingerprint density at radius 1 is 1.21 bits per heavy atom. The molecule has 0 radical (unpaired) electrons. The predicted molar refractivity (Wildman–Crippen MR) is 104 cm³/mol. The smallest absolute Gasteiger partial charge is 0.246 e. The molecule has 2 aromatic heterocycles. The molecule has 1 saturated heterocycles. The molecule has 2 atom stereocenters. The van der Waals surface area contributed by atoms with E-state index in [1.54, 1.807) is 12.3 Å². The van der Waals surface area contributed by atoms with Gasteiger partial charge in [-0.3, -0.25) is 14.3 Å². The van der Waals surface area contributed by atoms with E-state index in [9.17, 15) is 9.59 Å². The highest BCUT2D eigenvalue weighted by Crippen LogP contribution is 2.43. The summed E-state index contributed by atoms with van der Waals surface area (Å²) in [6, 6.07) is 4.44. The van der Waals surface area contributed by atoms with Crippen molar-refractivity contribution in [2.45, 2.75) is 31.7 Å². The van der Waals surface area contributed by atoms with Crippen LogP contribution < -0.4 is 5.32 Å². The minimum atomic E-state index is 0.00727. The minimum absolute atomic E-state index is 0.00727. The fraction of sp³-hybridized carbons (Fsp3) is 0.429. The predicted octanol–water partition coefficient (Wildman–Crippen LogP) is 2.29. The van der Waals surface area contributed by atoms with E-state index in [1.807, 2.05) is 35.5 Å². The quantitative estimate of drug-likeness (QED) is 0.833. The third kappa shape index (κ3) is 3.21. The Bertz CT molecular complexity index is 922. The van der Waals surface area contributed by atoms with Crippen LogP contribution in [0.15, 0.2) is 36.8 Å². The van der Waals surface area contributed by atoms with Crippen LogP contribution in [0.2, 0.25) is 0 Å². The molecule has 3 aliphatic rings. The lowest BCUT2D eigenvalue weighted by molar-refractivity contribution is -0.125. The number of likely N-dealkylation sites (tertiary alicyclic amines) is 1. The molecular weight excluding hydrogens is 354 g/mol. The van der Waals surface area contributed by atoms with E-state index in [0.717, 1.165) is 37.1 Å². The number of fused-ring (bicyclic) bond motifs is 2. The van der Waals surface area contributed by atoms with E-state index in [0.29, 0.717) is 36.5 Å². The molecule has 0 bridgehead atoms. The molecule has 2 aromatic rings. The summed E-state index contributed by atoms with van der Waals surface area (Å²) in [7, 11) is 0. The number of hydrogen-bond donors (Lipinski definition) is 1. The van der Waals surface area contributed by atoms with E-state index in [1.165, 1.54) is 0 Å². The number of aromatic nitrogens is 3. The summed E-state index contributed by atoms with van der Waals surface area (Å²) in [6.45, 7) is 1.67. The first-order valence-corrected chi connectivity index (χ1v) is 9.90. The van der Waals surface area contributed by atoms with Crippen molar-refractivity contribution in [1.29, 1.82) is 0 Å². The van der Waals surface area contributed by atoms with Crippen molar-refractivity contribution < 1.29 is 9.59 Å². The van der Waals surface area contributed by atoms with Gasteiger partial charge in [-0.25, -0.2) is 4.98 Å². The first-order chi connectivity index (χ1) is 13.7. The van der Waals surface area contributed by atoms with Gasteiger partial charge in [0.05, 0.1) is 6.04 Å². The maximum Gasteiger partial charge on any atom is 0.246 e. The molecule has 1 N–H and O–H groups in total. The zero-order valence-corrected chi connectivity index (χ0v) is 15.6. The highest BCUT2D eigenvalue weighted by atomic mass is 16.2. The third-order valence-corrected chi connectivity index (χ3v) is 6.22. The van der Waals surface area contributed by atoms with Gasteiger partial charge in [-0.05, 0) is 60.4 Å². The average Bonchev–Trinajstić information content (AvgIpc) is 3.41. The summed E-state index contributed by atoms with van der Waals surface area (Å²) in [6.07, 6.45) is 12.4. The Morgan fingerprint density at radius 2 is 2.04 bits per heavy atom. The summed E-state index contributed by atoms with van der Waals surface area (Å²) in [5.74, 6) is 1.85. The summed E-state index contributed by atoms with van der Waals surface area (Å²) in [5.41, 5.74) is 1.91. The molecule has 4 heterocycles. The van der Waals surface area contributed by atoms with Gasteiger partial charge in [0.15, 0.2) is 0 Å². The van der Waals surface area contributed by atoms with Gasteiger partial charge >= 0.3 is 0 Å². The van der Waals surface area contributed by atoms with Crippen molar-refractivity contribution in [1.82, 2.24) is 19.7 Å². The molecule has 2 fully saturated rings. The van der Waals surface area contributed by atoms with Gasteiger partial charge in [0.25, 0.3) is 0 Å². The summed E-state index contributed by atoms with van der Waals surface area (Å²) in [4.78, 5) is 30.3. The Hall–Kier alpha value is -2.96. The van der Waals surface area contributed by atoms with Crippen LogP contribution in [-0.2, 0) is 16.0 Å². The number of amides is 2. The number of carbonyl (C=O) groups is 2. The molecule has 1 saturated carbocycles. The first kappa shape index (κ1) is 17.2. The second-order valence-electron chi connectivity index (χ2n) is 8.03. The van der Waals surface area contributed by atoms with Crippen LogP contribution in [0.25, 0.3) is 6.08 Å². The van der Waals surface area contributed by atoms with E-state index < -0.39 is 0 Å². The molecule has 7 nitrogen and oxygen atoms in total. The van der Waals surface area contributed by atoms with E-state index >= 15 is 0 Å². The molecule has 28 heavy (non-hydrogen) atoms. The maximum atomic E-state index is 12.6. The lowest BCUT2D eigenvalue weighted by atomic mass is 10.0. The second-order valence-corrected chi connectivity index (χ2v) is 8.03. The topological polar surface area (TPSA) is 80.1 Å². The molecule has 0 aromatic carbocycles. The van der Waals surface area contributed by atoms with Gasteiger partial charge in [-0.2, -0.15) is 5.10 Å². The molecule has 2 aliphatic heterocycles. The SMILES string of the molecule is O=C1CCc2cc(/C=C/C(=O)N3CC4CC(n5cccn5)CC4C3)cnc2N1. The van der Waals surface area contributed by atoms with Gasteiger partial charge in [0.1, 0.15) is 5.82 Å². The first-order valence-electron chi connectivity index (χ1n) is 9.90. The van der Waals surface area contributed by atoms with Crippen LogP contribution >= 0.6 is 0 Å². The molecular formula is C21H23N5O2. The molecule has 144 valence electrons. The lowest BCUT2D eigenvalue weighted by Crippen LogP contribution is -2.28.